The van der Waals surface area contributed by atoms with Gasteiger partial charge in [-0.25, -0.2) is 0 Å². The Morgan fingerprint density at radius 1 is 0.900 bits per heavy atom. The smallest absolute Gasteiger partial charge is 0.0964 e. The van der Waals surface area contributed by atoms with Gasteiger partial charge in [-0.2, -0.15) is 0 Å². The summed E-state index contributed by atoms with van der Waals surface area (Å²) in [6.07, 6.45) is 4.95. The predicted octanol–water partition coefficient (Wildman–Crippen LogP) is 4.64. The van der Waals surface area contributed by atoms with E-state index in [1.54, 1.807) is 0 Å². The van der Waals surface area contributed by atoms with E-state index in [0.29, 0.717) is 0 Å². The van der Waals surface area contributed by atoms with Crippen molar-refractivity contribution < 1.29 is 0 Å². The van der Waals surface area contributed by atoms with E-state index in [9.17, 15) is 0 Å². The van der Waals surface area contributed by atoms with Crippen LogP contribution in [0.15, 0.2) is 36.7 Å². The molecule has 0 amide bonds. The van der Waals surface area contributed by atoms with Crippen LogP contribution < -0.4 is 0 Å². The number of benzene rings is 1. The summed E-state index contributed by atoms with van der Waals surface area (Å²) >= 11 is 0. The van der Waals surface area contributed by atoms with E-state index in [-0.39, 0.29) is 5.41 Å². The standard InChI is InChI=1S/C18H20N2/c1-5-12-8-13-6-7-14-9-15(18(2,3)4)11-20-17(14)16(13)19-10-12/h6-11H,5H2,1-4H3. The maximum absolute atomic E-state index is 4.67. The Labute approximate surface area is 119 Å². The van der Waals surface area contributed by atoms with Crippen LogP contribution in [-0.4, -0.2) is 9.97 Å². The first-order valence-corrected chi connectivity index (χ1v) is 7.17. The normalized spacial score (nSPS) is 12.2. The third kappa shape index (κ3) is 2.15. The molecule has 0 fully saturated rings. The number of hydrogen-bond donors (Lipinski definition) is 0. The van der Waals surface area contributed by atoms with Gasteiger partial charge in [0.05, 0.1) is 11.0 Å². The summed E-state index contributed by atoms with van der Waals surface area (Å²) in [7, 11) is 0. The molecule has 20 heavy (non-hydrogen) atoms. The third-order valence-electron chi connectivity index (χ3n) is 3.83. The number of aromatic nitrogens is 2. The Bertz CT molecular complexity index is 782. The van der Waals surface area contributed by atoms with E-state index in [1.165, 1.54) is 21.9 Å². The van der Waals surface area contributed by atoms with Crippen LogP contribution in [0.1, 0.15) is 38.8 Å². The summed E-state index contributed by atoms with van der Waals surface area (Å²) in [5, 5.41) is 2.34. The van der Waals surface area contributed by atoms with Gasteiger partial charge in [-0.15, -0.1) is 0 Å². The van der Waals surface area contributed by atoms with Crippen molar-refractivity contribution in [1.82, 2.24) is 9.97 Å². The topological polar surface area (TPSA) is 25.8 Å². The van der Waals surface area contributed by atoms with Gasteiger partial charge in [-0.05, 0) is 35.1 Å². The third-order valence-corrected chi connectivity index (χ3v) is 3.83. The van der Waals surface area contributed by atoms with Crippen molar-refractivity contribution in [2.45, 2.75) is 39.5 Å². The highest BCUT2D eigenvalue weighted by Gasteiger charge is 2.15. The fraction of sp³-hybridized carbons (Fsp3) is 0.333. The SMILES string of the molecule is CCc1cnc2c(ccc3cc(C(C)(C)C)cnc32)c1. The zero-order chi connectivity index (χ0) is 14.3. The molecule has 2 nitrogen and oxygen atoms in total. The maximum Gasteiger partial charge on any atom is 0.0964 e. The van der Waals surface area contributed by atoms with Gasteiger partial charge in [-0.3, -0.25) is 9.97 Å². The second-order valence-electron chi connectivity index (χ2n) is 6.38. The fourth-order valence-electron chi connectivity index (χ4n) is 2.44. The highest BCUT2D eigenvalue weighted by molar-refractivity contribution is 6.02. The molecule has 2 heteroatoms. The van der Waals surface area contributed by atoms with Gasteiger partial charge in [0, 0.05) is 23.2 Å². The number of pyridine rings is 2. The summed E-state index contributed by atoms with van der Waals surface area (Å²) in [6, 6.07) is 8.75. The first-order chi connectivity index (χ1) is 9.49. The minimum atomic E-state index is 0.121. The highest BCUT2D eigenvalue weighted by atomic mass is 14.7. The van der Waals surface area contributed by atoms with Gasteiger partial charge >= 0.3 is 0 Å². The molecule has 0 N–H and O–H groups in total. The van der Waals surface area contributed by atoms with Crippen LogP contribution in [0.5, 0.6) is 0 Å². The molecule has 3 rings (SSSR count). The number of fused-ring (bicyclic) bond motifs is 3. The van der Waals surface area contributed by atoms with E-state index < -0.39 is 0 Å². The van der Waals surface area contributed by atoms with Crippen LogP contribution in [-0.2, 0) is 11.8 Å². The maximum atomic E-state index is 4.67. The molecule has 0 saturated heterocycles. The number of rotatable bonds is 1. The lowest BCUT2D eigenvalue weighted by atomic mass is 9.87. The summed E-state index contributed by atoms with van der Waals surface area (Å²) in [5.41, 5.74) is 4.64. The molecule has 2 heterocycles. The quantitative estimate of drug-likeness (QED) is 0.598. The molecule has 0 aliphatic carbocycles. The van der Waals surface area contributed by atoms with Crippen LogP contribution in [0.3, 0.4) is 0 Å². The minimum Gasteiger partial charge on any atom is -0.254 e. The Kier molecular flexibility index (Phi) is 2.97. The highest BCUT2D eigenvalue weighted by Crippen LogP contribution is 2.28. The van der Waals surface area contributed by atoms with Crippen molar-refractivity contribution in [3.05, 3.63) is 47.8 Å². The van der Waals surface area contributed by atoms with Gasteiger partial charge in [0.25, 0.3) is 0 Å². The van der Waals surface area contributed by atoms with Gasteiger partial charge in [0.2, 0.25) is 0 Å². The molecule has 0 aliphatic heterocycles. The Morgan fingerprint density at radius 2 is 1.50 bits per heavy atom. The second kappa shape index (κ2) is 4.55. The first kappa shape index (κ1) is 13.0. The van der Waals surface area contributed by atoms with Gasteiger partial charge in [0.1, 0.15) is 0 Å². The lowest BCUT2D eigenvalue weighted by Gasteiger charge is -2.19. The monoisotopic (exact) mass is 264 g/mol. The van der Waals surface area contributed by atoms with Gasteiger partial charge < -0.3 is 0 Å². The molecule has 0 saturated carbocycles. The zero-order valence-corrected chi connectivity index (χ0v) is 12.6. The molecule has 0 spiro atoms. The van der Waals surface area contributed by atoms with Crippen molar-refractivity contribution in [2.75, 3.05) is 0 Å². The molecule has 1 aromatic carbocycles. The van der Waals surface area contributed by atoms with Crippen LogP contribution >= 0.6 is 0 Å². The fourth-order valence-corrected chi connectivity index (χ4v) is 2.44. The molecule has 0 atom stereocenters. The molecular formula is C18H20N2. The molecule has 0 unspecified atom stereocenters. The number of aryl methyl sites for hydroxylation is 1. The number of nitrogens with zero attached hydrogens (tertiary/aromatic N) is 2. The first-order valence-electron chi connectivity index (χ1n) is 7.17. The predicted molar refractivity (Wildman–Crippen MR) is 85.1 cm³/mol. The van der Waals surface area contributed by atoms with Crippen LogP contribution in [0.2, 0.25) is 0 Å². The molecule has 0 aliphatic rings. The van der Waals surface area contributed by atoms with Crippen molar-refractivity contribution in [2.24, 2.45) is 0 Å². The molecule has 0 bridgehead atoms. The Morgan fingerprint density at radius 3 is 2.10 bits per heavy atom. The summed E-state index contributed by atoms with van der Waals surface area (Å²) < 4.78 is 0. The van der Waals surface area contributed by atoms with Crippen LogP contribution in [0, 0.1) is 0 Å². The van der Waals surface area contributed by atoms with Crippen molar-refractivity contribution in [1.29, 1.82) is 0 Å². The Hall–Kier alpha value is -1.96. The molecular weight excluding hydrogens is 244 g/mol. The van der Waals surface area contributed by atoms with Gasteiger partial charge in [-0.1, -0.05) is 39.8 Å². The van der Waals surface area contributed by atoms with Crippen molar-refractivity contribution in [3.63, 3.8) is 0 Å². The molecule has 2 aromatic heterocycles. The van der Waals surface area contributed by atoms with E-state index in [4.69, 9.17) is 0 Å². The summed E-state index contributed by atoms with van der Waals surface area (Å²) in [5.74, 6) is 0. The van der Waals surface area contributed by atoms with Gasteiger partial charge in [0.15, 0.2) is 0 Å². The van der Waals surface area contributed by atoms with Crippen LogP contribution in [0.4, 0.5) is 0 Å². The van der Waals surface area contributed by atoms with E-state index >= 15 is 0 Å². The van der Waals surface area contributed by atoms with E-state index in [0.717, 1.165) is 17.5 Å². The Balaban J connectivity index is 2.27. The molecule has 3 aromatic rings. The minimum absolute atomic E-state index is 0.121. The van der Waals surface area contributed by atoms with Crippen molar-refractivity contribution in [3.8, 4) is 0 Å². The molecule has 102 valence electrons. The summed E-state index contributed by atoms with van der Waals surface area (Å²) in [6.45, 7) is 8.78. The summed E-state index contributed by atoms with van der Waals surface area (Å²) in [4.78, 5) is 9.28. The van der Waals surface area contributed by atoms with Crippen molar-refractivity contribution >= 4 is 21.8 Å². The van der Waals surface area contributed by atoms with E-state index in [2.05, 4.69) is 61.9 Å². The average molecular weight is 264 g/mol. The average Bonchev–Trinajstić information content (AvgIpc) is 2.44. The number of hydrogen-bond acceptors (Lipinski definition) is 2. The zero-order valence-electron chi connectivity index (χ0n) is 12.6. The largest absolute Gasteiger partial charge is 0.254 e. The lowest BCUT2D eigenvalue weighted by molar-refractivity contribution is 0.589. The molecule has 0 radical (unpaired) electrons. The van der Waals surface area contributed by atoms with Crippen LogP contribution in [0.25, 0.3) is 21.8 Å². The second-order valence-corrected chi connectivity index (χ2v) is 6.38. The lowest BCUT2D eigenvalue weighted by Crippen LogP contribution is -2.11. The van der Waals surface area contributed by atoms with E-state index in [1.807, 2.05) is 12.4 Å².